The third-order valence-corrected chi connectivity index (χ3v) is 8.90. The number of thiophene rings is 1. The van der Waals surface area contributed by atoms with Gasteiger partial charge in [-0.2, -0.15) is 4.31 Å². The van der Waals surface area contributed by atoms with Crippen molar-refractivity contribution < 1.29 is 22.3 Å². The Morgan fingerprint density at radius 1 is 1.21 bits per heavy atom. The van der Waals surface area contributed by atoms with Gasteiger partial charge in [0.2, 0.25) is 10.0 Å². The zero-order valence-corrected chi connectivity index (χ0v) is 22.6. The summed E-state index contributed by atoms with van der Waals surface area (Å²) in [6, 6.07) is 8.05. The lowest BCUT2D eigenvalue weighted by atomic mass is 10.2. The number of benzene rings is 1. The van der Waals surface area contributed by atoms with E-state index in [0.717, 1.165) is 14.9 Å². The molecule has 1 amide bonds. The number of carbonyl (C=O) groups is 1. The molecule has 3 heterocycles. The number of hydrogen-bond acceptors (Lipinski definition) is 7. The number of sulfonamides is 1. The molecule has 2 aromatic heterocycles. The fourth-order valence-electron chi connectivity index (χ4n) is 3.53. The lowest BCUT2D eigenvalue weighted by Gasteiger charge is -2.35. The van der Waals surface area contributed by atoms with Gasteiger partial charge in [0.1, 0.15) is 26.1 Å². The molecule has 0 radical (unpaired) electrons. The van der Waals surface area contributed by atoms with Crippen LogP contribution in [-0.2, 0) is 14.8 Å². The molecular weight excluding hydrogens is 594 g/mol. The Balaban J connectivity index is 1.63. The first kappa shape index (κ1) is 25.1. The van der Waals surface area contributed by atoms with Gasteiger partial charge in [-0.1, -0.05) is 11.3 Å². The van der Waals surface area contributed by atoms with Crippen molar-refractivity contribution in [2.75, 3.05) is 31.5 Å². The number of piperazine rings is 1. The number of nitrogens with one attached hydrogen (secondary N) is 1. The Labute approximate surface area is 215 Å². The van der Waals surface area contributed by atoms with Crippen LogP contribution in [0.15, 0.2) is 41.4 Å². The number of carbonyl (C=O) groups excluding carboxylic acids is 1. The van der Waals surface area contributed by atoms with Gasteiger partial charge in [0, 0.05) is 41.3 Å². The Morgan fingerprint density at radius 3 is 2.56 bits per heavy atom. The molecule has 1 N–H and O–H groups in total. The van der Waals surface area contributed by atoms with Crippen LogP contribution in [0.3, 0.4) is 0 Å². The van der Waals surface area contributed by atoms with Crippen LogP contribution in [0, 0.1) is 9.39 Å². The second kappa shape index (κ2) is 9.55. The predicted octanol–water partition coefficient (Wildman–Crippen LogP) is 5.03. The summed E-state index contributed by atoms with van der Waals surface area (Å²) in [6.07, 6.45) is 1.12. The number of halogens is 2. The number of nitrogens with zero attached hydrogens (tertiary/aromatic N) is 3. The average molecular weight is 618 g/mol. The zero-order chi connectivity index (χ0) is 24.7. The molecule has 0 saturated carbocycles. The van der Waals surface area contributed by atoms with Crippen molar-refractivity contribution in [3.05, 3.63) is 45.9 Å². The molecule has 1 fully saturated rings. The molecule has 0 bridgehead atoms. The maximum atomic E-state index is 14.5. The largest absolute Gasteiger partial charge is 0.444 e. The number of fused-ring (bicyclic) bond motifs is 1. The molecule has 0 aliphatic carbocycles. The Bertz CT molecular complexity index is 1330. The third kappa shape index (κ3) is 5.29. The standard InChI is InChI=1S/C22H24FIN4O4S2/c1-22(2,3)32-21(29)27-9-11-28(12-10-27)34(30,31)18-15-5-4-8-25-19(15)33-20(18)26-17-7-6-14(24)13-16(17)23/h4-8,13,26H,9-12H2,1-3H3. The molecule has 182 valence electrons. The maximum absolute atomic E-state index is 14.5. The van der Waals surface area contributed by atoms with Gasteiger partial charge in [-0.25, -0.2) is 22.6 Å². The van der Waals surface area contributed by atoms with E-state index in [2.05, 4.69) is 10.3 Å². The summed E-state index contributed by atoms with van der Waals surface area (Å²) in [5, 5.41) is 3.73. The van der Waals surface area contributed by atoms with E-state index in [1.807, 2.05) is 22.6 Å². The molecule has 0 atom stereocenters. The van der Waals surface area contributed by atoms with Crippen LogP contribution >= 0.6 is 33.9 Å². The van der Waals surface area contributed by atoms with Gasteiger partial charge in [-0.05, 0) is 73.7 Å². The highest BCUT2D eigenvalue weighted by Crippen LogP contribution is 2.41. The number of amides is 1. The van der Waals surface area contributed by atoms with E-state index in [9.17, 15) is 17.6 Å². The van der Waals surface area contributed by atoms with Gasteiger partial charge in [0.25, 0.3) is 0 Å². The SMILES string of the molecule is CC(C)(C)OC(=O)N1CCN(S(=O)(=O)c2c(Nc3ccc(I)cc3F)sc3ncccc23)CC1. The molecule has 4 rings (SSSR count). The molecule has 0 spiro atoms. The number of hydrogen-bond donors (Lipinski definition) is 1. The van der Waals surface area contributed by atoms with Crippen molar-refractivity contribution in [2.24, 2.45) is 0 Å². The fraction of sp³-hybridized carbons (Fsp3) is 0.364. The summed E-state index contributed by atoms with van der Waals surface area (Å²) < 4.78 is 49.5. The molecule has 12 heteroatoms. The van der Waals surface area contributed by atoms with E-state index < -0.39 is 27.5 Å². The molecule has 34 heavy (non-hydrogen) atoms. The predicted molar refractivity (Wildman–Crippen MR) is 139 cm³/mol. The van der Waals surface area contributed by atoms with E-state index in [-0.39, 0.29) is 36.8 Å². The second-order valence-corrected chi connectivity index (χ2v) is 12.9. The highest BCUT2D eigenvalue weighted by molar-refractivity contribution is 14.1. The molecule has 0 unspecified atom stereocenters. The smallest absolute Gasteiger partial charge is 0.410 e. The maximum Gasteiger partial charge on any atom is 0.410 e. The molecule has 3 aromatic rings. The van der Waals surface area contributed by atoms with E-state index in [0.29, 0.717) is 15.2 Å². The Morgan fingerprint density at radius 2 is 1.91 bits per heavy atom. The monoisotopic (exact) mass is 618 g/mol. The minimum Gasteiger partial charge on any atom is -0.444 e. The number of aromatic nitrogens is 1. The lowest BCUT2D eigenvalue weighted by Crippen LogP contribution is -2.51. The van der Waals surface area contributed by atoms with Crippen molar-refractivity contribution in [1.82, 2.24) is 14.2 Å². The molecule has 1 saturated heterocycles. The zero-order valence-electron chi connectivity index (χ0n) is 18.8. The van der Waals surface area contributed by atoms with Crippen molar-refractivity contribution in [3.8, 4) is 0 Å². The number of anilines is 2. The van der Waals surface area contributed by atoms with Gasteiger partial charge < -0.3 is 15.0 Å². The van der Waals surface area contributed by atoms with E-state index in [4.69, 9.17) is 4.74 Å². The first-order valence-corrected chi connectivity index (χ1v) is 13.9. The number of pyridine rings is 1. The van der Waals surface area contributed by atoms with Crippen LogP contribution < -0.4 is 5.32 Å². The van der Waals surface area contributed by atoms with E-state index in [1.54, 1.807) is 51.2 Å². The molecular formula is C22H24FIN4O4S2. The van der Waals surface area contributed by atoms with E-state index in [1.165, 1.54) is 15.3 Å². The number of rotatable bonds is 4. The van der Waals surface area contributed by atoms with Gasteiger partial charge in [-0.15, -0.1) is 0 Å². The lowest BCUT2D eigenvalue weighted by molar-refractivity contribution is 0.0192. The summed E-state index contributed by atoms with van der Waals surface area (Å²) in [6.45, 7) is 6.02. The summed E-state index contributed by atoms with van der Waals surface area (Å²) in [7, 11) is -3.96. The Hall–Kier alpha value is -2.03. The van der Waals surface area contributed by atoms with Crippen molar-refractivity contribution in [1.29, 1.82) is 0 Å². The van der Waals surface area contributed by atoms with Crippen LogP contribution in [-0.4, -0.2) is 60.5 Å². The minimum absolute atomic E-state index is 0.0595. The highest BCUT2D eigenvalue weighted by Gasteiger charge is 2.35. The fourth-order valence-corrected chi connectivity index (χ4v) is 7.07. The molecule has 1 aliphatic heterocycles. The summed E-state index contributed by atoms with van der Waals surface area (Å²) >= 11 is 3.16. The van der Waals surface area contributed by atoms with Crippen LogP contribution in [0.25, 0.3) is 10.2 Å². The van der Waals surface area contributed by atoms with Crippen molar-refractivity contribution >= 4 is 70.9 Å². The minimum atomic E-state index is -3.96. The first-order chi connectivity index (χ1) is 16.0. The van der Waals surface area contributed by atoms with Gasteiger partial charge in [0.15, 0.2) is 0 Å². The Kier molecular flexibility index (Phi) is 7.04. The topological polar surface area (TPSA) is 91.8 Å². The molecule has 1 aromatic carbocycles. The van der Waals surface area contributed by atoms with Crippen LogP contribution in [0.4, 0.5) is 19.9 Å². The van der Waals surface area contributed by atoms with E-state index >= 15 is 0 Å². The first-order valence-electron chi connectivity index (χ1n) is 10.5. The average Bonchev–Trinajstić information content (AvgIpc) is 3.13. The van der Waals surface area contributed by atoms with Gasteiger partial charge in [-0.3, -0.25) is 0 Å². The van der Waals surface area contributed by atoms with Crippen molar-refractivity contribution in [2.45, 2.75) is 31.3 Å². The van der Waals surface area contributed by atoms with Crippen LogP contribution in [0.1, 0.15) is 20.8 Å². The summed E-state index contributed by atoms with van der Waals surface area (Å²) in [5.74, 6) is -0.480. The van der Waals surface area contributed by atoms with Crippen LogP contribution in [0.5, 0.6) is 0 Å². The van der Waals surface area contributed by atoms with Gasteiger partial charge >= 0.3 is 6.09 Å². The van der Waals surface area contributed by atoms with Crippen LogP contribution in [0.2, 0.25) is 0 Å². The number of ether oxygens (including phenoxy) is 1. The summed E-state index contributed by atoms with van der Waals surface area (Å²) in [4.78, 5) is 18.8. The normalized spacial score (nSPS) is 15.5. The second-order valence-electron chi connectivity index (χ2n) is 8.74. The molecule has 1 aliphatic rings. The van der Waals surface area contributed by atoms with Gasteiger partial charge in [0.05, 0.1) is 5.69 Å². The molecule has 8 nitrogen and oxygen atoms in total. The van der Waals surface area contributed by atoms with Crippen molar-refractivity contribution in [3.63, 3.8) is 0 Å². The quantitative estimate of drug-likeness (QED) is 0.413. The summed E-state index contributed by atoms with van der Waals surface area (Å²) in [5.41, 5.74) is -0.452. The third-order valence-electron chi connectivity index (χ3n) is 5.09. The highest BCUT2D eigenvalue weighted by atomic mass is 127.